The zero-order chi connectivity index (χ0) is 13.7. The fraction of sp³-hybridized carbons (Fsp3) is 0.500. The van der Waals surface area contributed by atoms with Gasteiger partial charge in [0.2, 0.25) is 0 Å². The molecule has 1 rings (SSSR count). The molecular weight excluding hydrogens is 372 g/mol. The van der Waals surface area contributed by atoms with E-state index in [0.717, 1.165) is 5.56 Å². The van der Waals surface area contributed by atoms with Gasteiger partial charge in [0.25, 0.3) is 6.43 Å². The van der Waals surface area contributed by atoms with Crippen LogP contribution in [0.1, 0.15) is 19.4 Å². The van der Waals surface area contributed by atoms with Crippen LogP contribution in [0.5, 0.6) is 5.75 Å². The van der Waals surface area contributed by atoms with Crippen molar-refractivity contribution in [2.24, 2.45) is 0 Å². The molecule has 1 aromatic rings. The molecule has 1 aromatic carbocycles. The molecule has 0 heterocycles. The van der Waals surface area contributed by atoms with Gasteiger partial charge >= 0.3 is 0 Å². The summed E-state index contributed by atoms with van der Waals surface area (Å²) in [6.45, 7) is 4.22. The third kappa shape index (κ3) is 5.20. The second-order valence-corrected chi connectivity index (χ2v) is 5.83. The van der Waals surface area contributed by atoms with E-state index in [1.165, 1.54) is 0 Å². The minimum atomic E-state index is -2.48. The summed E-state index contributed by atoms with van der Waals surface area (Å²) >= 11 is 6.65. The smallest absolute Gasteiger partial charge is 0.272 e. The molecule has 6 heteroatoms. The Morgan fingerprint density at radius 3 is 2.22 bits per heavy atom. The maximum atomic E-state index is 12.1. The van der Waals surface area contributed by atoms with Crippen molar-refractivity contribution in [2.45, 2.75) is 32.9 Å². The van der Waals surface area contributed by atoms with Crippen molar-refractivity contribution in [2.75, 3.05) is 6.61 Å². The molecule has 0 radical (unpaired) electrons. The maximum absolute atomic E-state index is 12.1. The van der Waals surface area contributed by atoms with Gasteiger partial charge in [-0.3, -0.25) is 0 Å². The minimum absolute atomic E-state index is 0.386. The minimum Gasteiger partial charge on any atom is -0.485 e. The van der Waals surface area contributed by atoms with Crippen LogP contribution < -0.4 is 10.1 Å². The summed E-state index contributed by atoms with van der Waals surface area (Å²) in [5.74, 6) is 0.406. The van der Waals surface area contributed by atoms with E-state index in [4.69, 9.17) is 4.74 Å². The van der Waals surface area contributed by atoms with Crippen molar-refractivity contribution in [3.05, 3.63) is 26.6 Å². The first-order valence-electron chi connectivity index (χ1n) is 5.52. The normalized spacial score (nSPS) is 11.3. The van der Waals surface area contributed by atoms with Gasteiger partial charge in [0.05, 0.1) is 8.95 Å². The zero-order valence-corrected chi connectivity index (χ0v) is 13.3. The highest BCUT2D eigenvalue weighted by atomic mass is 79.9. The first-order valence-corrected chi connectivity index (χ1v) is 7.11. The van der Waals surface area contributed by atoms with E-state index in [-0.39, 0.29) is 0 Å². The summed E-state index contributed by atoms with van der Waals surface area (Å²) < 4.78 is 30.6. The SMILES string of the molecule is CC(C)NCc1cc(Br)c(OCC(F)F)c(Br)c1. The molecule has 18 heavy (non-hydrogen) atoms. The van der Waals surface area contributed by atoms with E-state index >= 15 is 0 Å². The molecule has 102 valence electrons. The number of rotatable bonds is 6. The summed E-state index contributed by atoms with van der Waals surface area (Å²) in [5.41, 5.74) is 1.05. The summed E-state index contributed by atoms with van der Waals surface area (Å²) in [6, 6.07) is 4.11. The molecule has 0 atom stereocenters. The highest BCUT2D eigenvalue weighted by molar-refractivity contribution is 9.11. The molecule has 0 bridgehead atoms. The molecule has 0 aromatic heterocycles. The molecular formula is C12H15Br2F2NO. The quantitative estimate of drug-likeness (QED) is 0.784. The van der Waals surface area contributed by atoms with Gasteiger partial charge in [0.15, 0.2) is 0 Å². The van der Waals surface area contributed by atoms with Crippen LogP contribution in [0.2, 0.25) is 0 Å². The summed E-state index contributed by atoms with van der Waals surface area (Å²) in [6.07, 6.45) is -2.48. The number of alkyl halides is 2. The Hall–Kier alpha value is -0.200. The standard InChI is InChI=1S/C12H15Br2F2NO/c1-7(2)17-5-8-3-9(13)12(10(14)4-8)18-6-11(15)16/h3-4,7,11,17H,5-6H2,1-2H3. The number of benzene rings is 1. The van der Waals surface area contributed by atoms with E-state index in [1.807, 2.05) is 12.1 Å². The van der Waals surface area contributed by atoms with Crippen LogP contribution in [-0.4, -0.2) is 19.1 Å². The Morgan fingerprint density at radius 2 is 1.78 bits per heavy atom. The molecule has 0 spiro atoms. The van der Waals surface area contributed by atoms with E-state index in [2.05, 4.69) is 51.0 Å². The molecule has 0 fully saturated rings. The van der Waals surface area contributed by atoms with Crippen molar-refractivity contribution in [1.82, 2.24) is 5.32 Å². The Morgan fingerprint density at radius 1 is 1.22 bits per heavy atom. The molecule has 0 saturated heterocycles. The summed E-state index contributed by atoms with van der Waals surface area (Å²) in [5, 5.41) is 3.28. The van der Waals surface area contributed by atoms with Crippen LogP contribution in [0, 0.1) is 0 Å². The lowest BCUT2D eigenvalue weighted by atomic mass is 10.2. The van der Waals surface area contributed by atoms with Crippen LogP contribution in [0.25, 0.3) is 0 Å². The molecule has 0 unspecified atom stereocenters. The predicted octanol–water partition coefficient (Wildman–Crippen LogP) is 4.35. The third-order valence-corrected chi connectivity index (χ3v) is 3.30. The molecule has 0 saturated carbocycles. The van der Waals surface area contributed by atoms with Gasteiger partial charge in [0.1, 0.15) is 12.4 Å². The lowest BCUT2D eigenvalue weighted by molar-refractivity contribution is 0.0811. The lowest BCUT2D eigenvalue weighted by Crippen LogP contribution is -2.21. The van der Waals surface area contributed by atoms with Crippen LogP contribution in [0.15, 0.2) is 21.1 Å². The maximum Gasteiger partial charge on any atom is 0.272 e. The van der Waals surface area contributed by atoms with E-state index < -0.39 is 13.0 Å². The monoisotopic (exact) mass is 385 g/mol. The summed E-state index contributed by atoms with van der Waals surface area (Å²) in [4.78, 5) is 0. The van der Waals surface area contributed by atoms with Crippen molar-refractivity contribution < 1.29 is 13.5 Å². The zero-order valence-electron chi connectivity index (χ0n) is 10.1. The molecule has 0 aliphatic heterocycles. The molecule has 2 nitrogen and oxygen atoms in total. The highest BCUT2D eigenvalue weighted by Gasteiger charge is 2.12. The summed E-state index contributed by atoms with van der Waals surface area (Å²) in [7, 11) is 0. The number of halogens is 4. The first-order chi connectivity index (χ1) is 8.40. The average molecular weight is 387 g/mol. The predicted molar refractivity (Wildman–Crippen MR) is 75.3 cm³/mol. The van der Waals surface area contributed by atoms with Crippen molar-refractivity contribution in [1.29, 1.82) is 0 Å². The van der Waals surface area contributed by atoms with Crippen LogP contribution in [-0.2, 0) is 6.54 Å². The van der Waals surface area contributed by atoms with Crippen LogP contribution >= 0.6 is 31.9 Å². The second-order valence-electron chi connectivity index (χ2n) is 4.13. The van der Waals surface area contributed by atoms with Gasteiger partial charge in [-0.1, -0.05) is 13.8 Å². The number of hydrogen-bond acceptors (Lipinski definition) is 2. The Bertz CT molecular complexity index is 377. The van der Waals surface area contributed by atoms with Gasteiger partial charge in [-0.15, -0.1) is 0 Å². The Labute approximate surface area is 122 Å². The van der Waals surface area contributed by atoms with Gasteiger partial charge in [-0.25, -0.2) is 8.78 Å². The van der Waals surface area contributed by atoms with Crippen molar-refractivity contribution in [3.8, 4) is 5.75 Å². The number of ether oxygens (including phenoxy) is 1. The Kier molecular flexibility index (Phi) is 6.52. The molecule has 0 aliphatic rings. The Balaban J connectivity index is 2.77. The fourth-order valence-corrected chi connectivity index (χ4v) is 2.83. The van der Waals surface area contributed by atoms with E-state index in [1.54, 1.807) is 0 Å². The van der Waals surface area contributed by atoms with Gasteiger partial charge < -0.3 is 10.1 Å². The van der Waals surface area contributed by atoms with E-state index in [0.29, 0.717) is 27.3 Å². The molecule has 0 aliphatic carbocycles. The fourth-order valence-electron chi connectivity index (χ4n) is 1.32. The first kappa shape index (κ1) is 15.9. The van der Waals surface area contributed by atoms with Gasteiger partial charge in [-0.2, -0.15) is 0 Å². The topological polar surface area (TPSA) is 21.3 Å². The van der Waals surface area contributed by atoms with Crippen molar-refractivity contribution in [3.63, 3.8) is 0 Å². The number of nitrogens with one attached hydrogen (secondary N) is 1. The van der Waals surface area contributed by atoms with Crippen molar-refractivity contribution >= 4 is 31.9 Å². The average Bonchev–Trinajstić information content (AvgIpc) is 2.24. The molecule has 1 N–H and O–H groups in total. The largest absolute Gasteiger partial charge is 0.485 e. The second kappa shape index (κ2) is 7.40. The molecule has 0 amide bonds. The third-order valence-electron chi connectivity index (χ3n) is 2.13. The number of hydrogen-bond donors (Lipinski definition) is 1. The van der Waals surface area contributed by atoms with E-state index in [9.17, 15) is 8.78 Å². The van der Waals surface area contributed by atoms with Crippen LogP contribution in [0.3, 0.4) is 0 Å². The van der Waals surface area contributed by atoms with Gasteiger partial charge in [0, 0.05) is 12.6 Å². The van der Waals surface area contributed by atoms with Crippen LogP contribution in [0.4, 0.5) is 8.78 Å². The lowest BCUT2D eigenvalue weighted by Gasteiger charge is -2.13. The van der Waals surface area contributed by atoms with Gasteiger partial charge in [-0.05, 0) is 49.6 Å². The highest BCUT2D eigenvalue weighted by Crippen LogP contribution is 2.35.